The number of hydrogen-bond donors (Lipinski definition) is 1. The van der Waals surface area contributed by atoms with Crippen LogP contribution in [-0.2, 0) is 4.79 Å². The molecule has 1 rings (SSSR count). The molecule has 0 saturated heterocycles. The van der Waals surface area contributed by atoms with E-state index in [1.54, 1.807) is 0 Å². The van der Waals surface area contributed by atoms with Crippen LogP contribution in [0.3, 0.4) is 0 Å². The summed E-state index contributed by atoms with van der Waals surface area (Å²) in [7, 11) is 0. The number of amides is 1. The predicted molar refractivity (Wildman–Crippen MR) is 47.8 cm³/mol. The van der Waals surface area contributed by atoms with Gasteiger partial charge in [-0.25, -0.2) is 0 Å². The molecule has 0 radical (unpaired) electrons. The zero-order chi connectivity index (χ0) is 14.0. The first-order valence-electron chi connectivity index (χ1n) is 4.32. The lowest BCUT2D eigenvalue weighted by molar-refractivity contribution is -0.274. The van der Waals surface area contributed by atoms with E-state index in [1.807, 2.05) is 0 Å². The summed E-state index contributed by atoms with van der Waals surface area (Å²) in [5, 5.41) is 1.47. The van der Waals surface area contributed by atoms with E-state index >= 15 is 0 Å². The quantitative estimate of drug-likeness (QED) is 0.841. The summed E-state index contributed by atoms with van der Waals surface area (Å²) in [6.07, 6.45) is -9.96. The predicted octanol–water partition coefficient (Wildman–Crippen LogP) is 3.09. The van der Waals surface area contributed by atoms with Crippen molar-refractivity contribution < 1.29 is 35.9 Å². The molecule has 0 aliphatic heterocycles. The van der Waals surface area contributed by atoms with Crippen LogP contribution in [0.15, 0.2) is 24.3 Å². The fourth-order valence-electron chi connectivity index (χ4n) is 0.942. The monoisotopic (exact) mass is 273 g/mol. The van der Waals surface area contributed by atoms with Gasteiger partial charge in [0.05, 0.1) is 0 Å². The van der Waals surface area contributed by atoms with Crippen molar-refractivity contribution in [3.63, 3.8) is 0 Å². The third-order valence-electron chi connectivity index (χ3n) is 1.60. The van der Waals surface area contributed by atoms with E-state index in [2.05, 4.69) is 4.74 Å². The Kier molecular flexibility index (Phi) is 3.73. The van der Waals surface area contributed by atoms with Gasteiger partial charge in [0.2, 0.25) is 0 Å². The Labute approximate surface area is 96.3 Å². The molecule has 0 spiro atoms. The first-order chi connectivity index (χ1) is 8.08. The van der Waals surface area contributed by atoms with Gasteiger partial charge in [-0.15, -0.1) is 13.2 Å². The van der Waals surface area contributed by atoms with Gasteiger partial charge in [-0.3, -0.25) is 4.79 Å². The van der Waals surface area contributed by atoms with Gasteiger partial charge in [-0.05, 0) is 24.3 Å². The van der Waals surface area contributed by atoms with Crippen LogP contribution < -0.4 is 10.1 Å². The molecule has 0 aliphatic carbocycles. The number of benzene rings is 1. The third-order valence-corrected chi connectivity index (χ3v) is 1.60. The molecule has 0 aliphatic rings. The van der Waals surface area contributed by atoms with E-state index in [4.69, 9.17) is 0 Å². The van der Waals surface area contributed by atoms with Crippen molar-refractivity contribution in [1.82, 2.24) is 0 Å². The second kappa shape index (κ2) is 4.75. The van der Waals surface area contributed by atoms with Crippen molar-refractivity contribution in [2.45, 2.75) is 12.5 Å². The highest BCUT2D eigenvalue weighted by molar-refractivity contribution is 5.94. The van der Waals surface area contributed by atoms with Crippen LogP contribution in [0.2, 0.25) is 0 Å². The Hall–Kier alpha value is -1.93. The summed E-state index contributed by atoms with van der Waals surface area (Å²) < 4.78 is 74.3. The number of rotatable bonds is 2. The van der Waals surface area contributed by atoms with Gasteiger partial charge in [0.1, 0.15) is 5.75 Å². The number of ether oxygens (including phenoxy) is 1. The molecule has 0 atom stereocenters. The Morgan fingerprint density at radius 1 is 1.00 bits per heavy atom. The lowest BCUT2D eigenvalue weighted by Crippen LogP contribution is -2.29. The Morgan fingerprint density at radius 3 is 1.89 bits per heavy atom. The standard InChI is InChI=1S/C9H5F6NO2/c10-8(11,12)7(17)16-5-1-3-6(4-2-5)18-9(13,14)15/h1-4H,(H,16,17). The third kappa shape index (κ3) is 4.52. The van der Waals surface area contributed by atoms with Crippen LogP contribution in [0.4, 0.5) is 32.0 Å². The van der Waals surface area contributed by atoms with Gasteiger partial charge in [-0.2, -0.15) is 13.2 Å². The lowest BCUT2D eigenvalue weighted by atomic mass is 10.3. The fraction of sp³-hybridized carbons (Fsp3) is 0.222. The highest BCUT2D eigenvalue weighted by Crippen LogP contribution is 2.24. The topological polar surface area (TPSA) is 38.3 Å². The van der Waals surface area contributed by atoms with Crippen molar-refractivity contribution in [2.75, 3.05) is 5.32 Å². The molecule has 0 unspecified atom stereocenters. The molecule has 0 saturated carbocycles. The first-order valence-corrected chi connectivity index (χ1v) is 4.32. The fourth-order valence-corrected chi connectivity index (χ4v) is 0.942. The summed E-state index contributed by atoms with van der Waals surface area (Å²) in [6, 6.07) is 3.26. The molecule has 0 fully saturated rings. The van der Waals surface area contributed by atoms with Gasteiger partial charge < -0.3 is 10.1 Å². The zero-order valence-corrected chi connectivity index (χ0v) is 8.39. The van der Waals surface area contributed by atoms with Crippen molar-refractivity contribution in [3.05, 3.63) is 24.3 Å². The number of carbonyl (C=O) groups excluding carboxylic acids is 1. The molecule has 100 valence electrons. The van der Waals surface area contributed by atoms with E-state index in [0.29, 0.717) is 0 Å². The summed E-state index contributed by atoms with van der Waals surface area (Å²) in [5.74, 6) is -2.82. The van der Waals surface area contributed by atoms with E-state index in [-0.39, 0.29) is 5.69 Å². The Morgan fingerprint density at radius 2 is 1.50 bits per heavy atom. The van der Waals surface area contributed by atoms with Gasteiger partial charge in [-0.1, -0.05) is 0 Å². The molecule has 18 heavy (non-hydrogen) atoms. The molecule has 3 nitrogen and oxygen atoms in total. The van der Waals surface area contributed by atoms with Gasteiger partial charge in [0.25, 0.3) is 0 Å². The molecule has 0 aromatic heterocycles. The SMILES string of the molecule is O=C(Nc1ccc(OC(F)(F)F)cc1)C(F)(F)F. The van der Waals surface area contributed by atoms with Crippen LogP contribution in [0.25, 0.3) is 0 Å². The van der Waals surface area contributed by atoms with Crippen LogP contribution in [0.5, 0.6) is 5.75 Å². The van der Waals surface area contributed by atoms with Crippen LogP contribution in [-0.4, -0.2) is 18.4 Å². The minimum absolute atomic E-state index is 0.299. The minimum atomic E-state index is -5.07. The first kappa shape index (κ1) is 14.1. The average molecular weight is 273 g/mol. The number of alkyl halides is 6. The van der Waals surface area contributed by atoms with Gasteiger partial charge in [0, 0.05) is 5.69 Å². The number of nitrogens with one attached hydrogen (secondary N) is 1. The van der Waals surface area contributed by atoms with Gasteiger partial charge in [0.15, 0.2) is 0 Å². The number of anilines is 1. The molecular weight excluding hydrogens is 268 g/mol. The number of carbonyl (C=O) groups is 1. The molecule has 1 amide bonds. The minimum Gasteiger partial charge on any atom is -0.406 e. The summed E-state index contributed by atoms with van der Waals surface area (Å²) in [4.78, 5) is 10.5. The second-order valence-electron chi connectivity index (χ2n) is 3.02. The molecule has 0 bridgehead atoms. The van der Waals surface area contributed by atoms with Crippen molar-refractivity contribution in [2.24, 2.45) is 0 Å². The molecule has 9 heteroatoms. The lowest BCUT2D eigenvalue weighted by Gasteiger charge is -2.10. The summed E-state index contributed by atoms with van der Waals surface area (Å²) in [5.41, 5.74) is -0.299. The molecule has 1 aromatic carbocycles. The van der Waals surface area contributed by atoms with Crippen LogP contribution >= 0.6 is 0 Å². The highest BCUT2D eigenvalue weighted by Gasteiger charge is 2.38. The zero-order valence-electron chi connectivity index (χ0n) is 8.39. The molecular formula is C9H5F6NO2. The maximum Gasteiger partial charge on any atom is 0.573 e. The van der Waals surface area contributed by atoms with E-state index < -0.39 is 24.2 Å². The average Bonchev–Trinajstić information content (AvgIpc) is 2.17. The normalized spacial score (nSPS) is 12.1. The number of halogens is 6. The van der Waals surface area contributed by atoms with Crippen molar-refractivity contribution >= 4 is 11.6 Å². The Balaban J connectivity index is 2.70. The van der Waals surface area contributed by atoms with Gasteiger partial charge >= 0.3 is 18.4 Å². The van der Waals surface area contributed by atoms with Crippen molar-refractivity contribution in [3.8, 4) is 5.75 Å². The number of hydrogen-bond acceptors (Lipinski definition) is 2. The maximum atomic E-state index is 11.9. The largest absolute Gasteiger partial charge is 0.573 e. The maximum absolute atomic E-state index is 11.9. The molecule has 0 heterocycles. The van der Waals surface area contributed by atoms with Crippen LogP contribution in [0, 0.1) is 0 Å². The van der Waals surface area contributed by atoms with E-state index in [0.717, 1.165) is 24.3 Å². The second-order valence-corrected chi connectivity index (χ2v) is 3.02. The smallest absolute Gasteiger partial charge is 0.406 e. The summed E-state index contributed by atoms with van der Waals surface area (Å²) >= 11 is 0. The summed E-state index contributed by atoms with van der Waals surface area (Å²) in [6.45, 7) is 0. The molecule has 1 N–H and O–H groups in total. The van der Waals surface area contributed by atoms with E-state index in [9.17, 15) is 31.1 Å². The van der Waals surface area contributed by atoms with E-state index in [1.165, 1.54) is 5.32 Å². The molecule has 1 aromatic rings. The Bertz CT molecular complexity index is 422. The van der Waals surface area contributed by atoms with Crippen LogP contribution in [0.1, 0.15) is 0 Å². The van der Waals surface area contributed by atoms with Crippen molar-refractivity contribution in [1.29, 1.82) is 0 Å². The highest BCUT2D eigenvalue weighted by atomic mass is 19.4.